The molecule has 1 N–H and O–H groups in total. The lowest BCUT2D eigenvalue weighted by molar-refractivity contribution is 0.0702. The van der Waals surface area contributed by atoms with E-state index in [0.29, 0.717) is 28.6 Å². The fourth-order valence-corrected chi connectivity index (χ4v) is 5.02. The topological polar surface area (TPSA) is 62.3 Å². The third-order valence-corrected chi connectivity index (χ3v) is 7.00. The second-order valence-corrected chi connectivity index (χ2v) is 9.23. The molecule has 0 radical (unpaired) electrons. The normalized spacial score (nSPS) is 14.5. The van der Waals surface area contributed by atoms with Crippen LogP contribution < -0.4 is 5.32 Å². The first-order valence-electron chi connectivity index (χ1n) is 10.3. The van der Waals surface area contributed by atoms with Crippen LogP contribution in [0.15, 0.2) is 48.5 Å². The lowest BCUT2D eigenvalue weighted by Crippen LogP contribution is -2.46. The summed E-state index contributed by atoms with van der Waals surface area (Å²) in [7, 11) is 0. The number of hydrogen-bond donors (Lipinski definition) is 1. The molecule has 0 unspecified atom stereocenters. The maximum Gasteiger partial charge on any atom is 0.265 e. The molecule has 2 amide bonds. The number of halogens is 1. The maximum absolute atomic E-state index is 13.1. The third-order valence-electron chi connectivity index (χ3n) is 5.57. The van der Waals surface area contributed by atoms with Crippen LogP contribution in [0.1, 0.15) is 44.1 Å². The van der Waals surface area contributed by atoms with E-state index in [4.69, 9.17) is 11.6 Å². The molecule has 2 heterocycles. The van der Waals surface area contributed by atoms with Gasteiger partial charge in [-0.3, -0.25) is 9.59 Å². The number of rotatable bonds is 4. The lowest BCUT2D eigenvalue weighted by atomic mass is 10.0. The van der Waals surface area contributed by atoms with Gasteiger partial charge in [0.2, 0.25) is 0 Å². The number of nitrogens with zero attached hydrogens (tertiary/aromatic N) is 2. The largest absolute Gasteiger partial charge is 0.349 e. The van der Waals surface area contributed by atoms with Gasteiger partial charge >= 0.3 is 0 Å². The van der Waals surface area contributed by atoms with Crippen molar-refractivity contribution in [3.63, 3.8) is 0 Å². The van der Waals surface area contributed by atoms with Crippen molar-refractivity contribution in [1.29, 1.82) is 0 Å². The molecule has 3 aromatic rings. The molecule has 0 aliphatic carbocycles. The molecule has 0 bridgehead atoms. The number of carbonyl (C=O) groups is 2. The van der Waals surface area contributed by atoms with E-state index < -0.39 is 0 Å². The summed E-state index contributed by atoms with van der Waals surface area (Å²) in [6.07, 6.45) is 1.48. The van der Waals surface area contributed by atoms with Crippen molar-refractivity contribution in [1.82, 2.24) is 15.2 Å². The molecule has 160 valence electrons. The van der Waals surface area contributed by atoms with Crippen LogP contribution in [0.4, 0.5) is 0 Å². The van der Waals surface area contributed by atoms with Crippen LogP contribution in [0.3, 0.4) is 0 Å². The fraction of sp³-hybridized carbons (Fsp3) is 0.292. The number of amides is 2. The van der Waals surface area contributed by atoms with Gasteiger partial charge in [0, 0.05) is 35.3 Å². The average molecular weight is 454 g/mol. The lowest BCUT2D eigenvalue weighted by Gasteiger charge is -2.32. The smallest absolute Gasteiger partial charge is 0.265 e. The number of aryl methyl sites for hydroxylation is 2. The first kappa shape index (κ1) is 21.5. The van der Waals surface area contributed by atoms with Gasteiger partial charge in [-0.25, -0.2) is 4.98 Å². The van der Waals surface area contributed by atoms with Gasteiger partial charge in [0.05, 0.1) is 5.69 Å². The van der Waals surface area contributed by atoms with E-state index in [1.165, 1.54) is 11.3 Å². The van der Waals surface area contributed by atoms with E-state index in [2.05, 4.69) is 10.3 Å². The molecular formula is C24H24ClN3O2S. The van der Waals surface area contributed by atoms with Gasteiger partial charge in [0.25, 0.3) is 11.8 Å². The van der Waals surface area contributed by atoms with Crippen molar-refractivity contribution in [2.45, 2.75) is 32.7 Å². The van der Waals surface area contributed by atoms with Crippen molar-refractivity contribution in [2.75, 3.05) is 13.1 Å². The number of piperidine rings is 1. The molecule has 0 atom stereocenters. The Morgan fingerprint density at radius 3 is 2.55 bits per heavy atom. The third kappa shape index (κ3) is 4.81. The number of aromatic nitrogens is 1. The zero-order chi connectivity index (χ0) is 22.0. The van der Waals surface area contributed by atoms with Crippen molar-refractivity contribution >= 4 is 34.8 Å². The van der Waals surface area contributed by atoms with E-state index in [1.807, 2.05) is 67.3 Å². The van der Waals surface area contributed by atoms with Crippen LogP contribution in [0.2, 0.25) is 5.02 Å². The summed E-state index contributed by atoms with van der Waals surface area (Å²) in [5, 5.41) is 4.56. The Hall–Kier alpha value is -2.70. The predicted molar refractivity (Wildman–Crippen MR) is 125 cm³/mol. The fourth-order valence-electron chi connectivity index (χ4n) is 3.80. The quantitative estimate of drug-likeness (QED) is 0.596. The van der Waals surface area contributed by atoms with E-state index in [9.17, 15) is 9.59 Å². The standard InChI is InChI=1S/C24H24ClN3O2S/c1-15-6-3-4-9-20(15)22(29)27-19-10-12-28(13-11-19)24(30)21-16(2)26-23(31-21)17-7-5-8-18(25)14-17/h3-9,14,19H,10-13H2,1-2H3,(H,27,29). The highest BCUT2D eigenvalue weighted by atomic mass is 35.5. The molecule has 5 nitrogen and oxygen atoms in total. The first-order valence-corrected chi connectivity index (χ1v) is 11.5. The molecule has 1 aliphatic rings. The average Bonchev–Trinajstić information content (AvgIpc) is 3.16. The van der Waals surface area contributed by atoms with Crippen molar-refractivity contribution in [2.24, 2.45) is 0 Å². The van der Waals surface area contributed by atoms with Gasteiger partial charge in [0.1, 0.15) is 9.88 Å². The predicted octanol–water partition coefficient (Wildman–Crippen LogP) is 5.11. The molecule has 1 aromatic heterocycles. The van der Waals surface area contributed by atoms with Gasteiger partial charge in [-0.2, -0.15) is 0 Å². The number of carbonyl (C=O) groups excluding carboxylic acids is 2. The summed E-state index contributed by atoms with van der Waals surface area (Å²) < 4.78 is 0. The van der Waals surface area contributed by atoms with E-state index in [1.54, 1.807) is 0 Å². The first-order chi connectivity index (χ1) is 14.9. The summed E-state index contributed by atoms with van der Waals surface area (Å²) in [5.41, 5.74) is 3.32. The summed E-state index contributed by atoms with van der Waals surface area (Å²) in [5.74, 6) is -0.0423. The highest BCUT2D eigenvalue weighted by Crippen LogP contribution is 2.30. The van der Waals surface area contributed by atoms with Crippen LogP contribution >= 0.6 is 22.9 Å². The number of likely N-dealkylation sites (tertiary alicyclic amines) is 1. The van der Waals surface area contributed by atoms with E-state index >= 15 is 0 Å². The van der Waals surface area contributed by atoms with Crippen molar-refractivity contribution < 1.29 is 9.59 Å². The Morgan fingerprint density at radius 1 is 1.10 bits per heavy atom. The van der Waals surface area contributed by atoms with Crippen molar-refractivity contribution in [3.05, 3.63) is 75.3 Å². The van der Waals surface area contributed by atoms with Gasteiger partial charge in [0.15, 0.2) is 0 Å². The Balaban J connectivity index is 1.38. The SMILES string of the molecule is Cc1ccccc1C(=O)NC1CCN(C(=O)c2sc(-c3cccc(Cl)c3)nc2C)CC1. The van der Waals surface area contributed by atoms with Gasteiger partial charge < -0.3 is 10.2 Å². The molecule has 1 saturated heterocycles. The van der Waals surface area contributed by atoms with Crippen LogP contribution in [0, 0.1) is 13.8 Å². The van der Waals surface area contributed by atoms with E-state index in [-0.39, 0.29) is 17.9 Å². The zero-order valence-corrected chi connectivity index (χ0v) is 19.1. The Bertz CT molecular complexity index is 1120. The van der Waals surface area contributed by atoms with Crippen molar-refractivity contribution in [3.8, 4) is 10.6 Å². The highest BCUT2D eigenvalue weighted by molar-refractivity contribution is 7.17. The Labute approximate surface area is 191 Å². The minimum atomic E-state index is -0.0488. The molecule has 31 heavy (non-hydrogen) atoms. The van der Waals surface area contributed by atoms with Crippen LogP contribution in [-0.4, -0.2) is 40.8 Å². The van der Waals surface area contributed by atoms with Gasteiger partial charge in [-0.1, -0.05) is 41.9 Å². The summed E-state index contributed by atoms with van der Waals surface area (Å²) in [4.78, 5) is 32.8. The molecule has 1 aliphatic heterocycles. The number of thiazole rings is 1. The molecule has 2 aromatic carbocycles. The summed E-state index contributed by atoms with van der Waals surface area (Å²) in [6.45, 7) is 5.03. The zero-order valence-electron chi connectivity index (χ0n) is 17.5. The van der Waals surface area contributed by atoms with Crippen LogP contribution in [0.25, 0.3) is 10.6 Å². The summed E-state index contributed by atoms with van der Waals surface area (Å²) >= 11 is 7.50. The Morgan fingerprint density at radius 2 is 1.84 bits per heavy atom. The molecule has 1 fully saturated rings. The molecule has 0 spiro atoms. The number of hydrogen-bond acceptors (Lipinski definition) is 4. The van der Waals surface area contributed by atoms with Crippen LogP contribution in [-0.2, 0) is 0 Å². The second kappa shape index (κ2) is 9.20. The minimum absolute atomic E-state index is 0.00644. The molecular weight excluding hydrogens is 430 g/mol. The molecule has 7 heteroatoms. The van der Waals surface area contributed by atoms with Gasteiger partial charge in [-0.15, -0.1) is 11.3 Å². The monoisotopic (exact) mass is 453 g/mol. The van der Waals surface area contributed by atoms with Gasteiger partial charge in [-0.05, 0) is 50.5 Å². The van der Waals surface area contributed by atoms with Crippen LogP contribution in [0.5, 0.6) is 0 Å². The maximum atomic E-state index is 13.1. The number of nitrogens with one attached hydrogen (secondary N) is 1. The molecule has 4 rings (SSSR count). The minimum Gasteiger partial charge on any atom is -0.349 e. The molecule has 0 saturated carbocycles. The summed E-state index contributed by atoms with van der Waals surface area (Å²) in [6, 6.07) is 15.1. The Kier molecular flexibility index (Phi) is 6.39. The second-order valence-electron chi connectivity index (χ2n) is 7.80. The highest BCUT2D eigenvalue weighted by Gasteiger charge is 2.27. The number of benzene rings is 2. The van der Waals surface area contributed by atoms with E-state index in [0.717, 1.165) is 34.7 Å².